The Labute approximate surface area is 104 Å². The van der Waals surface area contributed by atoms with Crippen LogP contribution in [0.25, 0.3) is 16.8 Å². The Hall–Kier alpha value is -2.56. The van der Waals surface area contributed by atoms with Gasteiger partial charge in [-0.3, -0.25) is 0 Å². The zero-order valence-corrected chi connectivity index (χ0v) is 9.83. The van der Waals surface area contributed by atoms with Gasteiger partial charge in [-0.25, -0.2) is 9.50 Å². The van der Waals surface area contributed by atoms with Crippen LogP contribution in [0.4, 0.5) is 5.69 Å². The average Bonchev–Trinajstić information content (AvgIpc) is 2.65. The Kier molecular flexibility index (Phi) is 2.19. The molecule has 0 aliphatic rings. The van der Waals surface area contributed by atoms with Crippen molar-refractivity contribution < 1.29 is 5.11 Å². The molecule has 3 N–H and O–H groups in total. The molecule has 5 nitrogen and oxygen atoms in total. The number of fused-ring (bicyclic) bond motifs is 1. The zero-order valence-electron chi connectivity index (χ0n) is 9.83. The molecule has 18 heavy (non-hydrogen) atoms. The standard InChI is InChI=1S/C13H12N4O/c1-8-12(14)13-15-6-10(7-17(13)16-8)9-2-4-11(18)5-3-9/h2-7,18H,14H2,1H3. The number of hydrogen-bond acceptors (Lipinski definition) is 4. The van der Waals surface area contributed by atoms with Crippen LogP contribution in [0.1, 0.15) is 5.69 Å². The van der Waals surface area contributed by atoms with Crippen LogP contribution >= 0.6 is 0 Å². The van der Waals surface area contributed by atoms with Gasteiger partial charge in [-0.2, -0.15) is 5.10 Å². The molecule has 0 fully saturated rings. The molecule has 2 heterocycles. The van der Waals surface area contributed by atoms with Crippen LogP contribution in [-0.4, -0.2) is 19.7 Å². The summed E-state index contributed by atoms with van der Waals surface area (Å²) in [5, 5.41) is 13.6. The Morgan fingerprint density at radius 1 is 1.17 bits per heavy atom. The molecule has 5 heteroatoms. The van der Waals surface area contributed by atoms with E-state index in [0.29, 0.717) is 11.3 Å². The number of anilines is 1. The van der Waals surface area contributed by atoms with Crippen molar-refractivity contribution in [3.05, 3.63) is 42.4 Å². The van der Waals surface area contributed by atoms with E-state index in [1.54, 1.807) is 22.8 Å². The van der Waals surface area contributed by atoms with Gasteiger partial charge >= 0.3 is 0 Å². The number of benzene rings is 1. The lowest BCUT2D eigenvalue weighted by Gasteiger charge is -2.02. The summed E-state index contributed by atoms with van der Waals surface area (Å²) in [5.74, 6) is 0.243. The van der Waals surface area contributed by atoms with E-state index in [1.807, 2.05) is 25.3 Å². The molecular weight excluding hydrogens is 228 g/mol. The smallest absolute Gasteiger partial charge is 0.178 e. The molecule has 0 amide bonds. The number of aryl methyl sites for hydroxylation is 1. The predicted octanol–water partition coefficient (Wildman–Crippen LogP) is 1.99. The van der Waals surface area contributed by atoms with Gasteiger partial charge in [0.15, 0.2) is 5.65 Å². The van der Waals surface area contributed by atoms with Crippen molar-refractivity contribution >= 4 is 11.3 Å². The third-order valence-corrected chi connectivity index (χ3v) is 2.89. The van der Waals surface area contributed by atoms with Gasteiger partial charge in [0.2, 0.25) is 0 Å². The number of nitrogens with zero attached hydrogens (tertiary/aromatic N) is 3. The maximum atomic E-state index is 9.27. The summed E-state index contributed by atoms with van der Waals surface area (Å²) >= 11 is 0. The number of aromatic hydroxyl groups is 1. The Morgan fingerprint density at radius 2 is 1.89 bits per heavy atom. The molecule has 0 saturated carbocycles. The van der Waals surface area contributed by atoms with Crippen molar-refractivity contribution in [2.24, 2.45) is 0 Å². The number of rotatable bonds is 1. The van der Waals surface area contributed by atoms with Crippen LogP contribution in [0.15, 0.2) is 36.7 Å². The molecule has 0 aliphatic heterocycles. The summed E-state index contributed by atoms with van der Waals surface area (Å²) < 4.78 is 1.67. The summed E-state index contributed by atoms with van der Waals surface area (Å²) in [6.45, 7) is 1.85. The van der Waals surface area contributed by atoms with Gasteiger partial charge in [0, 0.05) is 18.0 Å². The van der Waals surface area contributed by atoms with Crippen molar-refractivity contribution in [3.8, 4) is 16.9 Å². The van der Waals surface area contributed by atoms with Crippen molar-refractivity contribution in [2.75, 3.05) is 5.73 Å². The molecule has 0 bridgehead atoms. The van der Waals surface area contributed by atoms with E-state index in [4.69, 9.17) is 5.73 Å². The lowest BCUT2D eigenvalue weighted by molar-refractivity contribution is 0.475. The van der Waals surface area contributed by atoms with Crippen LogP contribution in [0, 0.1) is 6.92 Å². The first-order valence-electron chi connectivity index (χ1n) is 5.55. The van der Waals surface area contributed by atoms with E-state index in [-0.39, 0.29) is 5.75 Å². The molecule has 0 aliphatic carbocycles. The minimum atomic E-state index is 0.243. The Morgan fingerprint density at radius 3 is 2.61 bits per heavy atom. The minimum Gasteiger partial charge on any atom is -0.508 e. The Balaban J connectivity index is 2.16. The van der Waals surface area contributed by atoms with E-state index in [2.05, 4.69) is 10.1 Å². The zero-order chi connectivity index (χ0) is 12.7. The highest BCUT2D eigenvalue weighted by Gasteiger charge is 2.08. The summed E-state index contributed by atoms with van der Waals surface area (Å²) in [4.78, 5) is 4.31. The SMILES string of the molecule is Cc1nn2cc(-c3ccc(O)cc3)cnc2c1N. The predicted molar refractivity (Wildman–Crippen MR) is 69.2 cm³/mol. The quantitative estimate of drug-likeness (QED) is 0.682. The molecule has 2 aromatic heterocycles. The topological polar surface area (TPSA) is 76.4 Å². The summed E-state index contributed by atoms with van der Waals surface area (Å²) in [7, 11) is 0. The number of nitrogens with two attached hydrogens (primary N) is 1. The lowest BCUT2D eigenvalue weighted by atomic mass is 10.1. The number of phenols is 1. The largest absolute Gasteiger partial charge is 0.508 e. The van der Waals surface area contributed by atoms with Gasteiger partial charge in [0.05, 0.1) is 5.69 Å². The maximum Gasteiger partial charge on any atom is 0.178 e. The minimum absolute atomic E-state index is 0.243. The molecule has 0 spiro atoms. The Bertz CT molecular complexity index is 716. The van der Waals surface area contributed by atoms with Crippen LogP contribution in [0.2, 0.25) is 0 Å². The first-order valence-corrected chi connectivity index (χ1v) is 5.55. The fraction of sp³-hybridized carbons (Fsp3) is 0.0769. The first kappa shape index (κ1) is 10.6. The molecule has 0 saturated heterocycles. The lowest BCUT2D eigenvalue weighted by Crippen LogP contribution is -1.92. The van der Waals surface area contributed by atoms with E-state index >= 15 is 0 Å². The number of phenolic OH excluding ortho intramolecular Hbond substituents is 1. The normalized spacial score (nSPS) is 10.9. The van der Waals surface area contributed by atoms with Gasteiger partial charge in [0.25, 0.3) is 0 Å². The van der Waals surface area contributed by atoms with E-state index < -0.39 is 0 Å². The average molecular weight is 240 g/mol. The van der Waals surface area contributed by atoms with Gasteiger partial charge in [-0.1, -0.05) is 12.1 Å². The number of hydrogen-bond donors (Lipinski definition) is 2. The van der Waals surface area contributed by atoms with E-state index in [9.17, 15) is 5.11 Å². The van der Waals surface area contributed by atoms with Crippen molar-refractivity contribution in [1.29, 1.82) is 0 Å². The highest BCUT2D eigenvalue weighted by atomic mass is 16.3. The third kappa shape index (κ3) is 1.57. The molecule has 3 rings (SSSR count). The molecule has 0 radical (unpaired) electrons. The first-order chi connectivity index (χ1) is 8.65. The number of aromatic nitrogens is 3. The van der Waals surface area contributed by atoms with E-state index in [0.717, 1.165) is 16.8 Å². The van der Waals surface area contributed by atoms with Crippen LogP contribution in [0.3, 0.4) is 0 Å². The third-order valence-electron chi connectivity index (χ3n) is 2.89. The van der Waals surface area contributed by atoms with Gasteiger partial charge in [0.1, 0.15) is 11.4 Å². The van der Waals surface area contributed by atoms with Gasteiger partial charge < -0.3 is 10.8 Å². The second-order valence-electron chi connectivity index (χ2n) is 4.16. The molecule has 90 valence electrons. The highest BCUT2D eigenvalue weighted by Crippen LogP contribution is 2.23. The van der Waals surface area contributed by atoms with E-state index in [1.165, 1.54) is 0 Å². The molecular formula is C13H12N4O. The molecule has 0 atom stereocenters. The molecule has 3 aromatic rings. The van der Waals surface area contributed by atoms with Gasteiger partial charge in [-0.15, -0.1) is 0 Å². The van der Waals surface area contributed by atoms with Crippen LogP contribution < -0.4 is 5.73 Å². The van der Waals surface area contributed by atoms with Crippen LogP contribution in [0.5, 0.6) is 5.75 Å². The maximum absolute atomic E-state index is 9.27. The van der Waals surface area contributed by atoms with Crippen LogP contribution in [-0.2, 0) is 0 Å². The van der Waals surface area contributed by atoms with Crippen molar-refractivity contribution in [2.45, 2.75) is 6.92 Å². The fourth-order valence-corrected chi connectivity index (χ4v) is 1.87. The van der Waals surface area contributed by atoms with Crippen molar-refractivity contribution in [3.63, 3.8) is 0 Å². The summed E-state index contributed by atoms with van der Waals surface area (Å²) in [6.07, 6.45) is 3.62. The highest BCUT2D eigenvalue weighted by molar-refractivity contribution is 5.70. The fourth-order valence-electron chi connectivity index (χ4n) is 1.87. The molecule has 0 unspecified atom stereocenters. The summed E-state index contributed by atoms with van der Waals surface area (Å²) in [6, 6.07) is 6.94. The van der Waals surface area contributed by atoms with Gasteiger partial charge in [-0.05, 0) is 24.6 Å². The van der Waals surface area contributed by atoms with Crippen molar-refractivity contribution in [1.82, 2.24) is 14.6 Å². The molecule has 1 aromatic carbocycles. The monoisotopic (exact) mass is 240 g/mol. The summed E-state index contributed by atoms with van der Waals surface area (Å²) in [5.41, 5.74) is 9.79. The second kappa shape index (κ2) is 3.73. The second-order valence-corrected chi connectivity index (χ2v) is 4.16. The number of nitrogen functional groups attached to an aromatic ring is 1.